The fourth-order valence-electron chi connectivity index (χ4n) is 2.50. The Morgan fingerprint density at radius 2 is 2.00 bits per heavy atom. The van der Waals surface area contributed by atoms with E-state index in [9.17, 15) is 9.59 Å². The monoisotopic (exact) mass is 273 g/mol. The zero-order valence-corrected chi connectivity index (χ0v) is 11.3. The predicted molar refractivity (Wildman–Crippen MR) is 70.7 cm³/mol. The van der Waals surface area contributed by atoms with Crippen molar-refractivity contribution in [3.05, 3.63) is 45.5 Å². The Morgan fingerprint density at radius 1 is 1.20 bits per heavy atom. The molecule has 0 aromatic carbocycles. The predicted octanol–water partition coefficient (Wildman–Crippen LogP) is 1.36. The van der Waals surface area contributed by atoms with Gasteiger partial charge in [-0.25, -0.2) is 0 Å². The Hall–Kier alpha value is -2.24. The molecular weight excluding hydrogens is 258 g/mol. The Balaban J connectivity index is 2.02. The lowest BCUT2D eigenvalue weighted by Gasteiger charge is -2.18. The van der Waals surface area contributed by atoms with Crippen LogP contribution in [0.3, 0.4) is 0 Å². The third-order valence-electron chi connectivity index (χ3n) is 3.52. The second-order valence-corrected chi connectivity index (χ2v) is 4.84. The van der Waals surface area contributed by atoms with Crippen LogP contribution in [0.15, 0.2) is 21.3 Å². The van der Waals surface area contributed by atoms with Crippen molar-refractivity contribution < 1.29 is 9.21 Å². The van der Waals surface area contributed by atoms with Gasteiger partial charge < -0.3 is 8.98 Å². The first kappa shape index (κ1) is 12.8. The molecule has 20 heavy (non-hydrogen) atoms. The van der Waals surface area contributed by atoms with E-state index in [4.69, 9.17) is 4.42 Å². The largest absolute Gasteiger partial charge is 0.423 e. The van der Waals surface area contributed by atoms with Crippen LogP contribution in [0.1, 0.15) is 47.6 Å². The Bertz CT molecular complexity index is 715. The third-order valence-corrected chi connectivity index (χ3v) is 3.52. The number of hydrogen-bond donors (Lipinski definition) is 0. The third kappa shape index (κ3) is 2.17. The number of Topliss-reactive ketones (excluding diaryl/α,β-unsaturated/α-hetero) is 1. The van der Waals surface area contributed by atoms with E-state index in [1.165, 1.54) is 6.07 Å². The number of ketones is 1. The Morgan fingerprint density at radius 3 is 2.75 bits per heavy atom. The highest BCUT2D eigenvalue weighted by atomic mass is 16.4. The fourth-order valence-corrected chi connectivity index (χ4v) is 2.50. The van der Waals surface area contributed by atoms with Crippen LogP contribution in [0.4, 0.5) is 0 Å². The first-order valence-corrected chi connectivity index (χ1v) is 6.76. The van der Waals surface area contributed by atoms with Gasteiger partial charge in [0.2, 0.25) is 11.8 Å². The molecule has 1 aliphatic rings. The van der Waals surface area contributed by atoms with Crippen LogP contribution in [-0.4, -0.2) is 20.5 Å². The van der Waals surface area contributed by atoms with Crippen molar-refractivity contribution in [2.75, 3.05) is 0 Å². The zero-order chi connectivity index (χ0) is 14.1. The molecule has 0 bridgehead atoms. The maximum atomic E-state index is 12.0. The van der Waals surface area contributed by atoms with E-state index in [2.05, 4.69) is 10.2 Å². The van der Waals surface area contributed by atoms with Crippen LogP contribution in [0.25, 0.3) is 0 Å². The van der Waals surface area contributed by atoms with Gasteiger partial charge >= 0.3 is 0 Å². The van der Waals surface area contributed by atoms with Gasteiger partial charge in [0.25, 0.3) is 5.56 Å². The van der Waals surface area contributed by atoms with E-state index in [-0.39, 0.29) is 17.9 Å². The van der Waals surface area contributed by atoms with Gasteiger partial charge in [-0.1, -0.05) is 6.92 Å². The lowest BCUT2D eigenvalue weighted by molar-refractivity contribution is 0.0970. The van der Waals surface area contributed by atoms with Crippen molar-refractivity contribution in [2.24, 2.45) is 0 Å². The summed E-state index contributed by atoms with van der Waals surface area (Å²) >= 11 is 0. The van der Waals surface area contributed by atoms with E-state index in [1.54, 1.807) is 10.6 Å². The molecular formula is C14H15N3O3. The van der Waals surface area contributed by atoms with Gasteiger partial charge in [-0.05, 0) is 18.9 Å². The molecule has 0 aliphatic heterocycles. The quantitative estimate of drug-likeness (QED) is 0.843. The summed E-state index contributed by atoms with van der Waals surface area (Å²) in [5.74, 6) is 1.05. The van der Waals surface area contributed by atoms with Crippen LogP contribution in [0, 0.1) is 0 Å². The molecule has 0 saturated heterocycles. The summed E-state index contributed by atoms with van der Waals surface area (Å²) in [4.78, 5) is 23.9. The maximum absolute atomic E-state index is 12.0. The summed E-state index contributed by atoms with van der Waals surface area (Å²) in [7, 11) is 0. The molecule has 2 aromatic heterocycles. The van der Waals surface area contributed by atoms with Crippen molar-refractivity contribution in [1.82, 2.24) is 14.8 Å². The Kier molecular flexibility index (Phi) is 3.22. The summed E-state index contributed by atoms with van der Waals surface area (Å²) in [6.45, 7) is 2.15. The molecule has 6 heteroatoms. The van der Waals surface area contributed by atoms with Gasteiger partial charge in [0.05, 0.1) is 0 Å². The molecule has 6 nitrogen and oxygen atoms in total. The van der Waals surface area contributed by atoms with Gasteiger partial charge in [0, 0.05) is 30.2 Å². The SMILES string of the molecule is CCc1nnc(Cn2c3c(ccc2=O)C(=O)CCC3)o1. The molecule has 0 fully saturated rings. The average molecular weight is 273 g/mol. The Labute approximate surface area is 115 Å². The average Bonchev–Trinajstić information content (AvgIpc) is 2.90. The highest BCUT2D eigenvalue weighted by Gasteiger charge is 2.21. The molecule has 0 spiro atoms. The number of aryl methyl sites for hydroxylation is 1. The standard InChI is InChI=1S/C14H15N3O3/c1-2-12-15-16-13(20-12)8-17-10-4-3-5-11(18)9(10)6-7-14(17)19/h6-7H,2-5,8H2,1H3. The fraction of sp³-hybridized carbons (Fsp3) is 0.429. The molecule has 1 aliphatic carbocycles. The van der Waals surface area contributed by atoms with E-state index in [0.29, 0.717) is 30.2 Å². The smallest absolute Gasteiger partial charge is 0.251 e. The second kappa shape index (κ2) is 5.03. The summed E-state index contributed by atoms with van der Waals surface area (Å²) in [5, 5.41) is 7.82. The van der Waals surface area contributed by atoms with Crippen LogP contribution >= 0.6 is 0 Å². The molecule has 3 rings (SSSR count). The minimum absolute atomic E-state index is 0.0970. The van der Waals surface area contributed by atoms with Crippen LogP contribution in [-0.2, 0) is 19.4 Å². The summed E-state index contributed by atoms with van der Waals surface area (Å²) < 4.78 is 7.01. The van der Waals surface area contributed by atoms with E-state index in [0.717, 1.165) is 18.5 Å². The van der Waals surface area contributed by atoms with Gasteiger partial charge in [-0.15, -0.1) is 10.2 Å². The minimum atomic E-state index is -0.144. The maximum Gasteiger partial charge on any atom is 0.251 e. The van der Waals surface area contributed by atoms with Gasteiger partial charge in [0.1, 0.15) is 6.54 Å². The van der Waals surface area contributed by atoms with E-state index in [1.807, 2.05) is 6.92 Å². The first-order chi connectivity index (χ1) is 9.69. The summed E-state index contributed by atoms with van der Waals surface area (Å²) in [6, 6.07) is 3.06. The lowest BCUT2D eigenvalue weighted by atomic mass is 9.94. The number of carbonyl (C=O) groups excluding carboxylic acids is 1. The second-order valence-electron chi connectivity index (χ2n) is 4.84. The molecule has 2 heterocycles. The van der Waals surface area contributed by atoms with Gasteiger partial charge in [-0.3, -0.25) is 9.59 Å². The zero-order valence-electron chi connectivity index (χ0n) is 11.3. The number of carbonyl (C=O) groups is 1. The lowest BCUT2D eigenvalue weighted by Crippen LogP contribution is -2.28. The topological polar surface area (TPSA) is 78.0 Å². The molecule has 0 unspecified atom stereocenters. The van der Waals surface area contributed by atoms with Crippen molar-refractivity contribution in [1.29, 1.82) is 0 Å². The minimum Gasteiger partial charge on any atom is -0.423 e. The van der Waals surface area contributed by atoms with Crippen molar-refractivity contribution in [3.63, 3.8) is 0 Å². The summed E-state index contributed by atoms with van der Waals surface area (Å²) in [6.07, 6.45) is 2.71. The van der Waals surface area contributed by atoms with Crippen molar-refractivity contribution in [2.45, 2.75) is 39.2 Å². The highest BCUT2D eigenvalue weighted by molar-refractivity contribution is 5.97. The van der Waals surface area contributed by atoms with Crippen molar-refractivity contribution in [3.8, 4) is 0 Å². The number of fused-ring (bicyclic) bond motifs is 1. The molecule has 0 N–H and O–H groups in total. The number of nitrogens with zero attached hydrogens (tertiary/aromatic N) is 3. The van der Waals surface area contributed by atoms with Crippen molar-refractivity contribution >= 4 is 5.78 Å². The molecule has 2 aromatic rings. The molecule has 104 valence electrons. The number of hydrogen-bond acceptors (Lipinski definition) is 5. The number of pyridine rings is 1. The molecule has 0 saturated carbocycles. The number of aromatic nitrogens is 3. The highest BCUT2D eigenvalue weighted by Crippen LogP contribution is 2.20. The van der Waals surface area contributed by atoms with Crippen LogP contribution in [0.2, 0.25) is 0 Å². The summed E-state index contributed by atoms with van der Waals surface area (Å²) in [5.41, 5.74) is 1.28. The van der Waals surface area contributed by atoms with Crippen LogP contribution in [0.5, 0.6) is 0 Å². The normalized spacial score (nSPS) is 14.3. The first-order valence-electron chi connectivity index (χ1n) is 6.76. The van der Waals surface area contributed by atoms with Gasteiger partial charge in [0.15, 0.2) is 5.78 Å². The van der Waals surface area contributed by atoms with E-state index < -0.39 is 0 Å². The van der Waals surface area contributed by atoms with E-state index >= 15 is 0 Å². The molecule has 0 radical (unpaired) electrons. The number of rotatable bonds is 3. The van der Waals surface area contributed by atoms with Gasteiger partial charge in [-0.2, -0.15) is 0 Å². The van der Waals surface area contributed by atoms with Crippen LogP contribution < -0.4 is 5.56 Å². The molecule has 0 atom stereocenters. The molecule has 0 amide bonds.